The average molecular weight is 379 g/mol. The van der Waals surface area contributed by atoms with E-state index in [0.717, 1.165) is 27.9 Å². The van der Waals surface area contributed by atoms with Crippen molar-refractivity contribution in [3.8, 4) is 5.69 Å². The summed E-state index contributed by atoms with van der Waals surface area (Å²) in [5.74, 6) is 0. The summed E-state index contributed by atoms with van der Waals surface area (Å²) in [6.45, 7) is 6.35. The molecule has 0 unspecified atom stereocenters. The molecule has 0 bridgehead atoms. The number of fused-ring (bicyclic) bond motifs is 1. The second-order valence-corrected chi connectivity index (χ2v) is 7.22. The molecule has 0 aliphatic rings. The Hall–Kier alpha value is -2.92. The van der Waals surface area contributed by atoms with Crippen LogP contribution in [0.1, 0.15) is 22.4 Å². The number of hydrogen-bond donors (Lipinski definition) is 0. The third-order valence-electron chi connectivity index (χ3n) is 4.69. The van der Waals surface area contributed by atoms with Gasteiger partial charge >= 0.3 is 0 Å². The van der Waals surface area contributed by atoms with Crippen LogP contribution in [-0.2, 0) is 6.54 Å². The first kappa shape index (κ1) is 17.5. The molecule has 0 atom stereocenters. The molecule has 0 aliphatic carbocycles. The van der Waals surface area contributed by atoms with Crippen molar-refractivity contribution in [1.29, 1.82) is 0 Å². The van der Waals surface area contributed by atoms with Gasteiger partial charge in [0.15, 0.2) is 0 Å². The lowest BCUT2D eigenvalue weighted by Crippen LogP contribution is -2.26. The van der Waals surface area contributed by atoms with Gasteiger partial charge in [-0.15, -0.1) is 0 Å². The van der Waals surface area contributed by atoms with E-state index in [-0.39, 0.29) is 5.56 Å². The fourth-order valence-electron chi connectivity index (χ4n) is 3.32. The SMILES string of the molecule is Cc1ccc(-n2ncc3c(C)nn(Cc4ccc(Cl)cc4)c(=O)c32)c(C)c1. The number of halogens is 1. The van der Waals surface area contributed by atoms with Crippen molar-refractivity contribution in [3.63, 3.8) is 0 Å². The Morgan fingerprint density at radius 2 is 1.78 bits per heavy atom. The van der Waals surface area contributed by atoms with E-state index in [0.29, 0.717) is 17.1 Å². The van der Waals surface area contributed by atoms with Crippen molar-refractivity contribution in [2.45, 2.75) is 27.3 Å². The molecular formula is C21H19ClN4O. The van der Waals surface area contributed by atoms with Gasteiger partial charge in [-0.1, -0.05) is 41.4 Å². The van der Waals surface area contributed by atoms with Crippen LogP contribution >= 0.6 is 11.6 Å². The van der Waals surface area contributed by atoms with E-state index in [1.54, 1.807) is 10.9 Å². The summed E-state index contributed by atoms with van der Waals surface area (Å²) in [6, 6.07) is 13.5. The fourth-order valence-corrected chi connectivity index (χ4v) is 3.44. The van der Waals surface area contributed by atoms with Crippen LogP contribution in [0.2, 0.25) is 5.02 Å². The minimum absolute atomic E-state index is 0.164. The molecule has 0 saturated carbocycles. The molecule has 5 nitrogen and oxygen atoms in total. The second-order valence-electron chi connectivity index (χ2n) is 6.78. The summed E-state index contributed by atoms with van der Waals surface area (Å²) in [5.41, 5.74) is 5.26. The largest absolute Gasteiger partial charge is 0.293 e. The van der Waals surface area contributed by atoms with Crippen LogP contribution in [0.25, 0.3) is 16.6 Å². The number of nitrogens with zero attached hydrogens (tertiary/aromatic N) is 4. The fraction of sp³-hybridized carbons (Fsp3) is 0.190. The minimum Gasteiger partial charge on any atom is -0.265 e. The molecule has 0 spiro atoms. The zero-order valence-corrected chi connectivity index (χ0v) is 16.2. The molecule has 0 fully saturated rings. The van der Waals surface area contributed by atoms with Crippen LogP contribution in [0.5, 0.6) is 0 Å². The van der Waals surface area contributed by atoms with Gasteiger partial charge in [-0.2, -0.15) is 10.2 Å². The highest BCUT2D eigenvalue weighted by Gasteiger charge is 2.16. The van der Waals surface area contributed by atoms with Gasteiger partial charge in [0.1, 0.15) is 5.52 Å². The third-order valence-corrected chi connectivity index (χ3v) is 4.94. The van der Waals surface area contributed by atoms with Crippen LogP contribution in [0, 0.1) is 20.8 Å². The smallest absolute Gasteiger partial charge is 0.265 e. The highest BCUT2D eigenvalue weighted by atomic mass is 35.5. The van der Waals surface area contributed by atoms with Crippen LogP contribution in [-0.4, -0.2) is 19.6 Å². The molecule has 27 heavy (non-hydrogen) atoms. The van der Waals surface area contributed by atoms with Crippen LogP contribution in [0.15, 0.2) is 53.5 Å². The monoisotopic (exact) mass is 378 g/mol. The van der Waals surface area contributed by atoms with Gasteiger partial charge in [-0.25, -0.2) is 9.36 Å². The zero-order chi connectivity index (χ0) is 19.1. The summed E-state index contributed by atoms with van der Waals surface area (Å²) in [5, 5.41) is 10.4. The lowest BCUT2D eigenvalue weighted by atomic mass is 10.1. The standard InChI is InChI=1S/C21H19ClN4O/c1-13-4-9-19(14(2)10-13)26-20-18(11-23-26)15(3)24-25(21(20)27)12-16-5-7-17(22)8-6-16/h4-11H,12H2,1-3H3. The minimum atomic E-state index is -0.164. The number of aryl methyl sites for hydroxylation is 3. The second kappa shape index (κ2) is 6.67. The number of rotatable bonds is 3. The van der Waals surface area contributed by atoms with Crippen molar-refractivity contribution in [1.82, 2.24) is 19.6 Å². The van der Waals surface area contributed by atoms with Gasteiger partial charge in [-0.3, -0.25) is 4.79 Å². The highest BCUT2D eigenvalue weighted by molar-refractivity contribution is 6.30. The molecule has 6 heteroatoms. The quantitative estimate of drug-likeness (QED) is 0.536. The molecule has 0 aliphatic heterocycles. The van der Waals surface area contributed by atoms with Crippen molar-refractivity contribution >= 4 is 22.5 Å². The first-order valence-corrected chi connectivity index (χ1v) is 9.09. The van der Waals surface area contributed by atoms with E-state index in [4.69, 9.17) is 11.6 Å². The molecule has 2 heterocycles. The van der Waals surface area contributed by atoms with Gasteiger partial charge in [-0.05, 0) is 50.1 Å². The van der Waals surface area contributed by atoms with Crippen LogP contribution in [0.3, 0.4) is 0 Å². The predicted molar refractivity (Wildman–Crippen MR) is 108 cm³/mol. The number of aromatic nitrogens is 4. The first-order chi connectivity index (χ1) is 12.9. The Labute approximate surface area is 161 Å². The van der Waals surface area contributed by atoms with Gasteiger partial charge < -0.3 is 0 Å². The van der Waals surface area contributed by atoms with Crippen molar-refractivity contribution < 1.29 is 0 Å². The maximum atomic E-state index is 13.2. The van der Waals surface area contributed by atoms with Gasteiger partial charge in [0.25, 0.3) is 5.56 Å². The van der Waals surface area contributed by atoms with Crippen molar-refractivity contribution in [2.75, 3.05) is 0 Å². The lowest BCUT2D eigenvalue weighted by Gasteiger charge is -2.11. The van der Waals surface area contributed by atoms with Gasteiger partial charge in [0, 0.05) is 10.4 Å². The van der Waals surface area contributed by atoms with E-state index < -0.39 is 0 Å². The highest BCUT2D eigenvalue weighted by Crippen LogP contribution is 2.21. The van der Waals surface area contributed by atoms with Crippen molar-refractivity contribution in [2.24, 2.45) is 0 Å². The average Bonchev–Trinajstić information content (AvgIpc) is 3.07. The topological polar surface area (TPSA) is 52.7 Å². The predicted octanol–water partition coefficient (Wildman–Crippen LogP) is 4.21. The number of hydrogen-bond acceptors (Lipinski definition) is 3. The van der Waals surface area contributed by atoms with Crippen LogP contribution in [0.4, 0.5) is 0 Å². The maximum absolute atomic E-state index is 13.2. The summed E-state index contributed by atoms with van der Waals surface area (Å²) >= 11 is 5.95. The molecule has 2 aromatic heterocycles. The Bertz CT molecular complexity index is 1210. The lowest BCUT2D eigenvalue weighted by molar-refractivity contribution is 0.634. The number of benzene rings is 2. The molecule has 0 amide bonds. The summed E-state index contributed by atoms with van der Waals surface area (Å²) < 4.78 is 3.21. The molecule has 0 saturated heterocycles. The molecule has 4 aromatic rings. The molecule has 0 N–H and O–H groups in total. The zero-order valence-electron chi connectivity index (χ0n) is 15.4. The molecule has 136 valence electrons. The summed E-state index contributed by atoms with van der Waals surface area (Å²) in [6.07, 6.45) is 1.71. The Kier molecular flexibility index (Phi) is 4.32. The third kappa shape index (κ3) is 3.15. The van der Waals surface area contributed by atoms with E-state index in [1.807, 2.05) is 57.2 Å². The molecule has 4 rings (SSSR count). The molecular weight excluding hydrogens is 360 g/mol. The molecule has 2 aromatic carbocycles. The maximum Gasteiger partial charge on any atom is 0.293 e. The Morgan fingerprint density at radius 1 is 1.04 bits per heavy atom. The van der Waals surface area contributed by atoms with Crippen molar-refractivity contribution in [3.05, 3.63) is 86.4 Å². The van der Waals surface area contributed by atoms with Gasteiger partial charge in [0.05, 0.1) is 24.1 Å². The first-order valence-electron chi connectivity index (χ1n) is 8.71. The van der Waals surface area contributed by atoms with E-state index in [1.165, 1.54) is 10.2 Å². The molecule has 0 radical (unpaired) electrons. The van der Waals surface area contributed by atoms with E-state index in [2.05, 4.69) is 16.3 Å². The Balaban J connectivity index is 1.89. The Morgan fingerprint density at radius 3 is 2.48 bits per heavy atom. The normalized spacial score (nSPS) is 11.3. The van der Waals surface area contributed by atoms with Gasteiger partial charge in [0.2, 0.25) is 0 Å². The van der Waals surface area contributed by atoms with Crippen LogP contribution < -0.4 is 5.56 Å². The summed E-state index contributed by atoms with van der Waals surface area (Å²) in [4.78, 5) is 13.2. The summed E-state index contributed by atoms with van der Waals surface area (Å²) in [7, 11) is 0. The van der Waals surface area contributed by atoms with E-state index >= 15 is 0 Å². The van der Waals surface area contributed by atoms with E-state index in [9.17, 15) is 4.79 Å².